The van der Waals surface area contributed by atoms with Gasteiger partial charge in [0.25, 0.3) is 0 Å². The number of halogens is 1. The van der Waals surface area contributed by atoms with E-state index in [1.165, 1.54) is 16.4 Å². The molecule has 1 fully saturated rings. The van der Waals surface area contributed by atoms with Crippen molar-refractivity contribution < 1.29 is 13.2 Å². The number of benzene rings is 2. The van der Waals surface area contributed by atoms with Gasteiger partial charge in [-0.05, 0) is 68.7 Å². The van der Waals surface area contributed by atoms with Crippen LogP contribution in [0.25, 0.3) is 0 Å². The molecule has 1 amide bonds. The van der Waals surface area contributed by atoms with Gasteiger partial charge in [-0.3, -0.25) is 4.79 Å². The summed E-state index contributed by atoms with van der Waals surface area (Å²) in [7, 11) is -3.45. The van der Waals surface area contributed by atoms with Crippen molar-refractivity contribution >= 4 is 38.9 Å². The Kier molecular flexibility index (Phi) is 6.27. The van der Waals surface area contributed by atoms with E-state index >= 15 is 0 Å². The van der Waals surface area contributed by atoms with Gasteiger partial charge in [-0.15, -0.1) is 0 Å². The fraction of sp³-hybridized carbons (Fsp3) is 0.350. The van der Waals surface area contributed by atoms with E-state index in [9.17, 15) is 13.2 Å². The number of hydrogen-bond donors (Lipinski definition) is 2. The maximum absolute atomic E-state index is 12.5. The van der Waals surface area contributed by atoms with E-state index in [1.807, 2.05) is 19.1 Å². The van der Waals surface area contributed by atoms with Gasteiger partial charge in [0, 0.05) is 29.5 Å². The SMILES string of the molecule is Cc1ccc(N[C@@H](C)C(=O)Nc2ccc(S(=O)(=O)N3CCCC3)cc2)cc1Cl. The fourth-order valence-electron chi connectivity index (χ4n) is 3.04. The summed E-state index contributed by atoms with van der Waals surface area (Å²) in [5.74, 6) is -0.230. The smallest absolute Gasteiger partial charge is 0.246 e. The highest BCUT2D eigenvalue weighted by atomic mass is 35.5. The van der Waals surface area contributed by atoms with Gasteiger partial charge in [0.05, 0.1) is 4.90 Å². The van der Waals surface area contributed by atoms with Crippen LogP contribution >= 0.6 is 11.6 Å². The molecule has 0 spiro atoms. The van der Waals surface area contributed by atoms with Crippen LogP contribution in [0, 0.1) is 6.92 Å². The molecule has 1 atom stereocenters. The second-order valence-corrected chi connectivity index (χ2v) is 9.30. The van der Waals surface area contributed by atoms with Crippen LogP contribution in [0.3, 0.4) is 0 Å². The summed E-state index contributed by atoms with van der Waals surface area (Å²) < 4.78 is 26.6. The molecule has 150 valence electrons. The molecule has 1 aliphatic rings. The number of hydrogen-bond acceptors (Lipinski definition) is 4. The van der Waals surface area contributed by atoms with Crippen molar-refractivity contribution in [2.75, 3.05) is 23.7 Å². The molecule has 2 N–H and O–H groups in total. The van der Waals surface area contributed by atoms with E-state index in [-0.39, 0.29) is 10.8 Å². The Balaban J connectivity index is 1.62. The summed E-state index contributed by atoms with van der Waals surface area (Å²) in [5.41, 5.74) is 2.26. The standard InChI is InChI=1S/C20H24ClN3O3S/c1-14-5-6-17(13-19(14)21)22-15(2)20(25)23-16-7-9-18(10-8-16)28(26,27)24-11-3-4-12-24/h5-10,13,15,22H,3-4,11-12H2,1-2H3,(H,23,25)/t15-/m0/s1. The Morgan fingerprint density at radius 3 is 2.29 bits per heavy atom. The molecule has 6 nitrogen and oxygen atoms in total. The molecule has 28 heavy (non-hydrogen) atoms. The maximum Gasteiger partial charge on any atom is 0.246 e. The van der Waals surface area contributed by atoms with Crippen molar-refractivity contribution in [1.29, 1.82) is 0 Å². The number of sulfonamides is 1. The van der Waals surface area contributed by atoms with Crippen molar-refractivity contribution in [2.24, 2.45) is 0 Å². The first-order chi connectivity index (χ1) is 13.3. The highest BCUT2D eigenvalue weighted by Gasteiger charge is 2.27. The number of carbonyl (C=O) groups excluding carboxylic acids is 1. The van der Waals surface area contributed by atoms with E-state index in [1.54, 1.807) is 25.1 Å². The van der Waals surface area contributed by atoms with Crippen LogP contribution in [0.1, 0.15) is 25.3 Å². The zero-order chi connectivity index (χ0) is 20.3. The lowest BCUT2D eigenvalue weighted by Gasteiger charge is -2.17. The molecule has 0 unspecified atom stereocenters. The van der Waals surface area contributed by atoms with E-state index in [2.05, 4.69) is 10.6 Å². The molecule has 3 rings (SSSR count). The van der Waals surface area contributed by atoms with E-state index in [4.69, 9.17) is 11.6 Å². The van der Waals surface area contributed by atoms with Crippen LogP contribution in [-0.4, -0.2) is 37.8 Å². The zero-order valence-electron chi connectivity index (χ0n) is 15.9. The molecule has 0 saturated carbocycles. The number of nitrogens with zero attached hydrogens (tertiary/aromatic N) is 1. The molecule has 1 saturated heterocycles. The Labute approximate surface area is 170 Å². The Hall–Kier alpha value is -2.09. The molecule has 8 heteroatoms. The summed E-state index contributed by atoms with van der Waals surface area (Å²) in [4.78, 5) is 12.7. The first-order valence-corrected chi connectivity index (χ1v) is 11.0. The largest absolute Gasteiger partial charge is 0.374 e. The van der Waals surface area contributed by atoms with Crippen LogP contribution in [-0.2, 0) is 14.8 Å². The van der Waals surface area contributed by atoms with Gasteiger partial charge in [-0.25, -0.2) is 8.42 Å². The lowest BCUT2D eigenvalue weighted by atomic mass is 10.2. The Bertz CT molecular complexity index is 955. The van der Waals surface area contributed by atoms with Crippen molar-refractivity contribution in [3.05, 3.63) is 53.1 Å². The van der Waals surface area contributed by atoms with Crippen LogP contribution < -0.4 is 10.6 Å². The Morgan fingerprint density at radius 1 is 1.07 bits per heavy atom. The Morgan fingerprint density at radius 2 is 1.68 bits per heavy atom. The third kappa shape index (κ3) is 4.66. The summed E-state index contributed by atoms with van der Waals surface area (Å²) in [6.45, 7) is 4.78. The highest BCUT2D eigenvalue weighted by Crippen LogP contribution is 2.23. The van der Waals surface area contributed by atoms with Crippen LogP contribution in [0.5, 0.6) is 0 Å². The van der Waals surface area contributed by atoms with Gasteiger partial charge in [0.1, 0.15) is 6.04 Å². The van der Waals surface area contributed by atoms with Gasteiger partial charge in [0.2, 0.25) is 15.9 Å². The van der Waals surface area contributed by atoms with Crippen molar-refractivity contribution in [3.63, 3.8) is 0 Å². The van der Waals surface area contributed by atoms with Gasteiger partial charge >= 0.3 is 0 Å². The number of carbonyl (C=O) groups is 1. The molecular formula is C20H24ClN3O3S. The average Bonchev–Trinajstić information content (AvgIpc) is 3.21. The first kappa shape index (κ1) is 20.6. The van der Waals surface area contributed by atoms with E-state index in [0.29, 0.717) is 23.8 Å². The highest BCUT2D eigenvalue weighted by molar-refractivity contribution is 7.89. The van der Waals surface area contributed by atoms with Crippen molar-refractivity contribution in [3.8, 4) is 0 Å². The summed E-state index contributed by atoms with van der Waals surface area (Å²) >= 11 is 6.11. The maximum atomic E-state index is 12.5. The predicted octanol–water partition coefficient (Wildman–Crippen LogP) is 3.87. The van der Waals surface area contributed by atoms with Gasteiger partial charge in [0.15, 0.2) is 0 Å². The fourth-order valence-corrected chi connectivity index (χ4v) is 4.73. The second kappa shape index (κ2) is 8.51. The molecule has 2 aromatic carbocycles. The topological polar surface area (TPSA) is 78.5 Å². The van der Waals surface area contributed by atoms with Gasteiger partial charge in [-0.1, -0.05) is 17.7 Å². The van der Waals surface area contributed by atoms with Crippen LogP contribution in [0.4, 0.5) is 11.4 Å². The zero-order valence-corrected chi connectivity index (χ0v) is 17.5. The number of amides is 1. The van der Waals surface area contributed by atoms with E-state index < -0.39 is 16.1 Å². The molecule has 2 aromatic rings. The van der Waals surface area contributed by atoms with Gasteiger partial charge < -0.3 is 10.6 Å². The van der Waals surface area contributed by atoms with E-state index in [0.717, 1.165) is 24.1 Å². The first-order valence-electron chi connectivity index (χ1n) is 9.21. The minimum Gasteiger partial charge on any atom is -0.374 e. The third-order valence-corrected chi connectivity index (χ3v) is 7.09. The lowest BCUT2D eigenvalue weighted by molar-refractivity contribution is -0.116. The van der Waals surface area contributed by atoms with Crippen molar-refractivity contribution in [2.45, 2.75) is 37.6 Å². The molecule has 0 aliphatic carbocycles. The monoisotopic (exact) mass is 421 g/mol. The molecule has 1 aliphatic heterocycles. The molecule has 0 aromatic heterocycles. The summed E-state index contributed by atoms with van der Waals surface area (Å²) in [5, 5.41) is 6.53. The molecule has 0 radical (unpaired) electrons. The quantitative estimate of drug-likeness (QED) is 0.742. The summed E-state index contributed by atoms with van der Waals surface area (Å²) in [6, 6.07) is 11.3. The molecular weight excluding hydrogens is 398 g/mol. The molecule has 0 bridgehead atoms. The molecule has 1 heterocycles. The van der Waals surface area contributed by atoms with Gasteiger partial charge in [-0.2, -0.15) is 4.31 Å². The number of aryl methyl sites for hydroxylation is 1. The average molecular weight is 422 g/mol. The predicted molar refractivity (Wildman–Crippen MR) is 112 cm³/mol. The third-order valence-electron chi connectivity index (χ3n) is 4.77. The number of rotatable bonds is 6. The second-order valence-electron chi connectivity index (χ2n) is 6.95. The normalized spacial score (nSPS) is 16.0. The van der Waals surface area contributed by atoms with Crippen LogP contribution in [0.15, 0.2) is 47.4 Å². The summed E-state index contributed by atoms with van der Waals surface area (Å²) in [6.07, 6.45) is 1.79. The number of anilines is 2. The number of nitrogens with one attached hydrogen (secondary N) is 2. The van der Waals surface area contributed by atoms with Crippen molar-refractivity contribution in [1.82, 2.24) is 4.31 Å². The lowest BCUT2D eigenvalue weighted by Crippen LogP contribution is -2.32. The van der Waals surface area contributed by atoms with Crippen LogP contribution in [0.2, 0.25) is 5.02 Å². The minimum absolute atomic E-state index is 0.230. The minimum atomic E-state index is -3.45.